The lowest BCUT2D eigenvalue weighted by atomic mass is 9.96. The number of aromatic nitrogens is 1. The molecule has 0 atom stereocenters. The molecule has 2 aliphatic rings. The molecule has 1 aliphatic heterocycles. The highest BCUT2D eigenvalue weighted by molar-refractivity contribution is 5.74. The van der Waals surface area contributed by atoms with Gasteiger partial charge >= 0.3 is 6.03 Å². The van der Waals surface area contributed by atoms with Gasteiger partial charge in [-0.05, 0) is 43.7 Å². The zero-order valence-electron chi connectivity index (χ0n) is 13.1. The van der Waals surface area contributed by atoms with Crippen LogP contribution in [0.2, 0.25) is 0 Å². The van der Waals surface area contributed by atoms with Crippen LogP contribution in [0.5, 0.6) is 0 Å². The highest BCUT2D eigenvalue weighted by Gasteiger charge is 2.21. The standard InChI is InChI=1S/C17H26N4O/c22-17(20-15-4-1-2-5-15)19-12-14-7-10-21(11-8-14)16-6-3-9-18-13-16/h3,6,9,13-15H,1-2,4-5,7-8,10-12H2,(H2,19,20,22). The predicted octanol–water partition coefficient (Wildman–Crippen LogP) is 2.54. The summed E-state index contributed by atoms with van der Waals surface area (Å²) in [5.74, 6) is 0.585. The van der Waals surface area contributed by atoms with Crippen LogP contribution in [-0.2, 0) is 0 Å². The molecular weight excluding hydrogens is 276 g/mol. The van der Waals surface area contributed by atoms with E-state index in [2.05, 4.69) is 26.6 Å². The fourth-order valence-electron chi connectivity index (χ4n) is 3.48. The largest absolute Gasteiger partial charge is 0.370 e. The summed E-state index contributed by atoms with van der Waals surface area (Å²) in [4.78, 5) is 18.4. The van der Waals surface area contributed by atoms with Crippen LogP contribution in [0.3, 0.4) is 0 Å². The van der Waals surface area contributed by atoms with Crippen molar-refractivity contribution in [1.82, 2.24) is 15.6 Å². The van der Waals surface area contributed by atoms with Crippen molar-refractivity contribution in [3.63, 3.8) is 0 Å². The maximum atomic E-state index is 11.9. The van der Waals surface area contributed by atoms with E-state index in [1.54, 1.807) is 0 Å². The first kappa shape index (κ1) is 15.1. The van der Waals surface area contributed by atoms with E-state index in [9.17, 15) is 4.79 Å². The second kappa shape index (κ2) is 7.47. The molecule has 2 fully saturated rings. The average Bonchev–Trinajstić information content (AvgIpc) is 3.07. The molecule has 1 aliphatic carbocycles. The average molecular weight is 302 g/mol. The van der Waals surface area contributed by atoms with E-state index in [1.165, 1.54) is 18.5 Å². The third-order valence-electron chi connectivity index (χ3n) is 4.87. The predicted molar refractivity (Wildman–Crippen MR) is 88.0 cm³/mol. The van der Waals surface area contributed by atoms with Crippen LogP contribution >= 0.6 is 0 Å². The van der Waals surface area contributed by atoms with Crippen molar-refractivity contribution < 1.29 is 4.79 Å². The van der Waals surface area contributed by atoms with Gasteiger partial charge in [0.2, 0.25) is 0 Å². The summed E-state index contributed by atoms with van der Waals surface area (Å²) >= 11 is 0. The molecule has 0 bridgehead atoms. The molecule has 2 N–H and O–H groups in total. The second-order valence-corrected chi connectivity index (χ2v) is 6.48. The summed E-state index contributed by atoms with van der Waals surface area (Å²) < 4.78 is 0. The van der Waals surface area contributed by atoms with Crippen molar-refractivity contribution in [1.29, 1.82) is 0 Å². The zero-order chi connectivity index (χ0) is 15.2. The molecule has 2 heterocycles. The Morgan fingerprint density at radius 1 is 1.23 bits per heavy atom. The van der Waals surface area contributed by atoms with Gasteiger partial charge in [-0.25, -0.2) is 4.79 Å². The molecule has 5 heteroatoms. The summed E-state index contributed by atoms with van der Waals surface area (Å²) in [7, 11) is 0. The number of carbonyl (C=O) groups is 1. The molecular formula is C17H26N4O. The van der Waals surface area contributed by atoms with Crippen LogP contribution in [0.15, 0.2) is 24.5 Å². The number of carbonyl (C=O) groups excluding carboxylic acids is 1. The van der Waals surface area contributed by atoms with Gasteiger partial charge in [-0.3, -0.25) is 4.98 Å². The fraction of sp³-hybridized carbons (Fsp3) is 0.647. The second-order valence-electron chi connectivity index (χ2n) is 6.48. The summed E-state index contributed by atoms with van der Waals surface area (Å²) in [6.07, 6.45) is 10.7. The minimum atomic E-state index is 0.0154. The highest BCUT2D eigenvalue weighted by atomic mass is 16.2. The zero-order valence-corrected chi connectivity index (χ0v) is 13.1. The van der Waals surface area contributed by atoms with Crippen LogP contribution in [0, 0.1) is 5.92 Å². The van der Waals surface area contributed by atoms with Crippen molar-refractivity contribution in [3.8, 4) is 0 Å². The maximum Gasteiger partial charge on any atom is 0.315 e. The van der Waals surface area contributed by atoms with Crippen LogP contribution < -0.4 is 15.5 Å². The number of urea groups is 1. The quantitative estimate of drug-likeness (QED) is 0.898. The van der Waals surface area contributed by atoms with Gasteiger partial charge in [0, 0.05) is 31.9 Å². The van der Waals surface area contributed by atoms with E-state index in [0.29, 0.717) is 12.0 Å². The lowest BCUT2D eigenvalue weighted by Crippen LogP contribution is -2.44. The molecule has 1 saturated heterocycles. The highest BCUT2D eigenvalue weighted by Crippen LogP contribution is 2.22. The van der Waals surface area contributed by atoms with Gasteiger partial charge in [-0.2, -0.15) is 0 Å². The first-order chi connectivity index (χ1) is 10.8. The SMILES string of the molecule is O=C(NCC1CCN(c2cccnc2)CC1)NC1CCCC1. The van der Waals surface area contributed by atoms with Crippen molar-refractivity contribution in [2.45, 2.75) is 44.6 Å². The summed E-state index contributed by atoms with van der Waals surface area (Å²) in [6, 6.07) is 4.51. The molecule has 120 valence electrons. The first-order valence-electron chi connectivity index (χ1n) is 8.50. The Hall–Kier alpha value is -1.78. The van der Waals surface area contributed by atoms with E-state index in [1.807, 2.05) is 18.5 Å². The lowest BCUT2D eigenvalue weighted by molar-refractivity contribution is 0.233. The van der Waals surface area contributed by atoms with Crippen molar-refractivity contribution >= 4 is 11.7 Å². The summed E-state index contributed by atoms with van der Waals surface area (Å²) in [5, 5.41) is 6.14. The van der Waals surface area contributed by atoms with Crippen molar-refractivity contribution in [2.24, 2.45) is 5.92 Å². The first-order valence-corrected chi connectivity index (χ1v) is 8.50. The molecule has 3 rings (SSSR count). The van der Waals surface area contributed by atoms with Crippen molar-refractivity contribution in [3.05, 3.63) is 24.5 Å². The van der Waals surface area contributed by atoms with Crippen LogP contribution in [0.25, 0.3) is 0 Å². The number of amides is 2. The number of pyridine rings is 1. The van der Waals surface area contributed by atoms with E-state index in [-0.39, 0.29) is 6.03 Å². The molecule has 1 saturated carbocycles. The van der Waals surface area contributed by atoms with Gasteiger partial charge < -0.3 is 15.5 Å². The molecule has 0 spiro atoms. The molecule has 2 amide bonds. The van der Waals surface area contributed by atoms with Crippen LogP contribution in [0.4, 0.5) is 10.5 Å². The van der Waals surface area contributed by atoms with Crippen LogP contribution in [-0.4, -0.2) is 36.7 Å². The van der Waals surface area contributed by atoms with E-state index in [0.717, 1.165) is 45.3 Å². The van der Waals surface area contributed by atoms with Gasteiger partial charge in [0.15, 0.2) is 0 Å². The molecule has 0 unspecified atom stereocenters. The van der Waals surface area contributed by atoms with Crippen LogP contribution in [0.1, 0.15) is 38.5 Å². The minimum Gasteiger partial charge on any atom is -0.370 e. The number of nitrogens with one attached hydrogen (secondary N) is 2. The molecule has 0 radical (unpaired) electrons. The van der Waals surface area contributed by atoms with E-state index >= 15 is 0 Å². The smallest absolute Gasteiger partial charge is 0.315 e. The summed E-state index contributed by atoms with van der Waals surface area (Å²) in [5.41, 5.74) is 1.20. The normalized spacial score (nSPS) is 20.1. The number of hydrogen-bond donors (Lipinski definition) is 2. The molecule has 0 aromatic carbocycles. The monoisotopic (exact) mass is 302 g/mol. The van der Waals surface area contributed by atoms with Gasteiger partial charge in [0.05, 0.1) is 11.9 Å². The third-order valence-corrected chi connectivity index (χ3v) is 4.87. The number of nitrogens with zero attached hydrogens (tertiary/aromatic N) is 2. The minimum absolute atomic E-state index is 0.0154. The number of piperidine rings is 1. The Morgan fingerprint density at radius 2 is 2.00 bits per heavy atom. The Morgan fingerprint density at radius 3 is 2.68 bits per heavy atom. The number of rotatable bonds is 4. The molecule has 1 aromatic rings. The van der Waals surface area contributed by atoms with Crippen molar-refractivity contribution in [2.75, 3.05) is 24.5 Å². The van der Waals surface area contributed by atoms with Gasteiger partial charge in [-0.15, -0.1) is 0 Å². The summed E-state index contributed by atoms with van der Waals surface area (Å²) in [6.45, 7) is 2.88. The topological polar surface area (TPSA) is 57.3 Å². The Bertz CT molecular complexity index is 465. The van der Waals surface area contributed by atoms with Gasteiger partial charge in [0.25, 0.3) is 0 Å². The Labute approximate surface area is 132 Å². The molecule has 22 heavy (non-hydrogen) atoms. The Balaban J connectivity index is 1.36. The van der Waals surface area contributed by atoms with Gasteiger partial charge in [-0.1, -0.05) is 12.8 Å². The Kier molecular flexibility index (Phi) is 5.14. The lowest BCUT2D eigenvalue weighted by Gasteiger charge is -2.33. The molecule has 1 aromatic heterocycles. The van der Waals surface area contributed by atoms with Gasteiger partial charge in [0.1, 0.15) is 0 Å². The molecule has 5 nitrogen and oxygen atoms in total. The van der Waals surface area contributed by atoms with E-state index in [4.69, 9.17) is 0 Å². The van der Waals surface area contributed by atoms with E-state index < -0.39 is 0 Å². The third kappa shape index (κ3) is 4.12. The maximum absolute atomic E-state index is 11.9. The fourth-order valence-corrected chi connectivity index (χ4v) is 3.48. The number of anilines is 1. The number of hydrogen-bond acceptors (Lipinski definition) is 3.